The van der Waals surface area contributed by atoms with Crippen molar-refractivity contribution in [1.29, 1.82) is 0 Å². The van der Waals surface area contributed by atoms with Crippen molar-refractivity contribution < 1.29 is 13.2 Å². The molecule has 0 spiro atoms. The first-order chi connectivity index (χ1) is 13.4. The van der Waals surface area contributed by atoms with Crippen LogP contribution in [-0.2, 0) is 16.4 Å². The van der Waals surface area contributed by atoms with E-state index in [0.717, 1.165) is 36.9 Å². The van der Waals surface area contributed by atoms with Crippen molar-refractivity contribution in [2.24, 2.45) is 0 Å². The molecule has 0 N–H and O–H groups in total. The average Bonchev–Trinajstić information content (AvgIpc) is 3.13. The average molecular weight is 399 g/mol. The molecule has 0 saturated carbocycles. The van der Waals surface area contributed by atoms with Crippen LogP contribution < -0.4 is 4.90 Å². The van der Waals surface area contributed by atoms with Gasteiger partial charge in [-0.15, -0.1) is 0 Å². The topological polar surface area (TPSA) is 57.7 Å². The van der Waals surface area contributed by atoms with Gasteiger partial charge in [0.05, 0.1) is 10.6 Å². The van der Waals surface area contributed by atoms with Crippen LogP contribution >= 0.6 is 0 Å². The second-order valence-electron chi connectivity index (χ2n) is 7.78. The molecule has 28 heavy (non-hydrogen) atoms. The van der Waals surface area contributed by atoms with Gasteiger partial charge in [0.15, 0.2) is 0 Å². The number of hydrogen-bond donors (Lipinski definition) is 0. The number of anilines is 1. The molecule has 2 aliphatic heterocycles. The van der Waals surface area contributed by atoms with E-state index in [1.54, 1.807) is 27.4 Å². The summed E-state index contributed by atoms with van der Waals surface area (Å²) in [7, 11) is -3.60. The van der Waals surface area contributed by atoms with E-state index in [1.165, 1.54) is 11.6 Å². The van der Waals surface area contributed by atoms with E-state index < -0.39 is 10.0 Å². The fourth-order valence-corrected chi connectivity index (χ4v) is 6.11. The van der Waals surface area contributed by atoms with Crippen molar-refractivity contribution >= 4 is 21.6 Å². The third kappa shape index (κ3) is 3.25. The number of benzene rings is 2. The number of aryl methyl sites for hydroxylation is 1. The molecule has 6 heteroatoms. The summed E-state index contributed by atoms with van der Waals surface area (Å²) in [5.74, 6) is -0.142. The van der Waals surface area contributed by atoms with Crippen LogP contribution in [0.15, 0.2) is 47.4 Å². The summed E-state index contributed by atoms with van der Waals surface area (Å²) in [5, 5.41) is 0. The largest absolute Gasteiger partial charge is 0.307 e. The normalized spacial score (nSPS) is 20.2. The van der Waals surface area contributed by atoms with Crippen LogP contribution in [-0.4, -0.2) is 37.8 Å². The smallest absolute Gasteiger partial charge is 0.258 e. The molecule has 0 bridgehead atoms. The number of hydrogen-bond acceptors (Lipinski definition) is 3. The summed E-state index contributed by atoms with van der Waals surface area (Å²) < 4.78 is 27.9. The molecule has 2 aliphatic rings. The Bertz CT molecular complexity index is 1020. The van der Waals surface area contributed by atoms with Crippen LogP contribution in [0.3, 0.4) is 0 Å². The molecule has 2 aromatic carbocycles. The lowest BCUT2D eigenvalue weighted by atomic mass is 10.1. The number of para-hydroxylation sites is 1. The highest BCUT2D eigenvalue weighted by Gasteiger charge is 2.32. The van der Waals surface area contributed by atoms with Gasteiger partial charge in [0.25, 0.3) is 5.91 Å². The van der Waals surface area contributed by atoms with Gasteiger partial charge in [-0.1, -0.05) is 30.7 Å². The maximum absolute atomic E-state index is 13.2. The number of rotatable bonds is 3. The van der Waals surface area contributed by atoms with Crippen molar-refractivity contribution in [2.45, 2.75) is 50.5 Å². The fraction of sp³-hybridized carbons (Fsp3) is 0.409. The predicted octanol–water partition coefficient (Wildman–Crippen LogP) is 3.76. The molecule has 1 fully saturated rings. The summed E-state index contributed by atoms with van der Waals surface area (Å²) >= 11 is 0. The minimum Gasteiger partial charge on any atom is -0.307 e. The Morgan fingerprint density at radius 3 is 2.64 bits per heavy atom. The molecule has 0 aromatic heterocycles. The van der Waals surface area contributed by atoms with Gasteiger partial charge < -0.3 is 4.90 Å². The Balaban J connectivity index is 1.66. The third-order valence-corrected chi connectivity index (χ3v) is 7.88. The first kappa shape index (κ1) is 19.2. The Kier molecular flexibility index (Phi) is 5.02. The summed E-state index contributed by atoms with van der Waals surface area (Å²) in [6.07, 6.45) is 3.64. The van der Waals surface area contributed by atoms with Crippen LogP contribution in [0, 0.1) is 6.92 Å². The van der Waals surface area contributed by atoms with Gasteiger partial charge in [-0.2, -0.15) is 4.31 Å². The minimum atomic E-state index is -3.60. The molecule has 2 heterocycles. The molecule has 148 valence electrons. The standard InChI is InChI=1S/C22H26N2O3S/c1-16-7-5-9-18-12-14-23(21(16)18)22(25)19-10-6-11-20(15-19)28(26,27)24-13-4-3-8-17(24)2/h5-7,9-11,15,17H,3-4,8,12-14H2,1-2H3. The highest BCUT2D eigenvalue weighted by Crippen LogP contribution is 2.33. The number of fused-ring (bicyclic) bond motifs is 1. The van der Waals surface area contributed by atoms with Gasteiger partial charge in [0, 0.05) is 24.7 Å². The van der Waals surface area contributed by atoms with E-state index in [4.69, 9.17) is 0 Å². The van der Waals surface area contributed by atoms with Crippen molar-refractivity contribution in [2.75, 3.05) is 18.0 Å². The molecule has 4 rings (SSSR count). The highest BCUT2D eigenvalue weighted by atomic mass is 32.2. The zero-order chi connectivity index (χ0) is 19.9. The highest BCUT2D eigenvalue weighted by molar-refractivity contribution is 7.89. The Hall–Kier alpha value is -2.18. The van der Waals surface area contributed by atoms with Gasteiger partial charge in [-0.05, 0) is 62.4 Å². The van der Waals surface area contributed by atoms with Crippen LogP contribution in [0.4, 0.5) is 5.69 Å². The SMILES string of the molecule is Cc1cccc2c1N(C(=O)c1cccc(S(=O)(=O)N3CCCCC3C)c1)CC2. The summed E-state index contributed by atoms with van der Waals surface area (Å²) in [6, 6.07) is 12.6. The molecule has 1 amide bonds. The summed E-state index contributed by atoms with van der Waals surface area (Å²) in [6.45, 7) is 5.12. The second kappa shape index (κ2) is 7.33. The number of carbonyl (C=O) groups is 1. The molecular weight excluding hydrogens is 372 g/mol. The van der Waals surface area contributed by atoms with Crippen LogP contribution in [0.1, 0.15) is 47.7 Å². The van der Waals surface area contributed by atoms with Crippen LogP contribution in [0.2, 0.25) is 0 Å². The maximum atomic E-state index is 13.2. The lowest BCUT2D eigenvalue weighted by molar-refractivity contribution is 0.0989. The van der Waals surface area contributed by atoms with Gasteiger partial charge >= 0.3 is 0 Å². The number of carbonyl (C=O) groups excluding carboxylic acids is 1. The Labute approximate surface area is 167 Å². The first-order valence-electron chi connectivity index (χ1n) is 9.92. The monoisotopic (exact) mass is 398 g/mol. The lowest BCUT2D eigenvalue weighted by Gasteiger charge is -2.32. The lowest BCUT2D eigenvalue weighted by Crippen LogP contribution is -2.42. The minimum absolute atomic E-state index is 0.00813. The molecule has 1 unspecified atom stereocenters. The zero-order valence-electron chi connectivity index (χ0n) is 16.4. The van der Waals surface area contributed by atoms with Crippen molar-refractivity contribution in [3.63, 3.8) is 0 Å². The molecule has 5 nitrogen and oxygen atoms in total. The summed E-state index contributed by atoms with van der Waals surface area (Å²) in [5.41, 5.74) is 3.61. The van der Waals surface area contributed by atoms with Crippen LogP contribution in [0.5, 0.6) is 0 Å². The fourth-order valence-electron chi connectivity index (χ4n) is 4.36. The van der Waals surface area contributed by atoms with E-state index in [0.29, 0.717) is 18.7 Å². The molecule has 0 radical (unpaired) electrons. The van der Waals surface area contributed by atoms with Gasteiger partial charge in [0.1, 0.15) is 0 Å². The van der Waals surface area contributed by atoms with Gasteiger partial charge in [-0.3, -0.25) is 4.79 Å². The Morgan fingerprint density at radius 2 is 1.86 bits per heavy atom. The number of nitrogens with zero attached hydrogens (tertiary/aromatic N) is 2. The van der Waals surface area contributed by atoms with E-state index in [9.17, 15) is 13.2 Å². The maximum Gasteiger partial charge on any atom is 0.258 e. The van der Waals surface area contributed by atoms with E-state index in [1.807, 2.05) is 32.0 Å². The summed E-state index contributed by atoms with van der Waals surface area (Å²) in [4.78, 5) is 15.2. The Morgan fingerprint density at radius 1 is 1.07 bits per heavy atom. The van der Waals surface area contributed by atoms with Gasteiger partial charge in [-0.25, -0.2) is 8.42 Å². The molecule has 1 atom stereocenters. The van der Waals surface area contributed by atoms with Crippen LogP contribution in [0.25, 0.3) is 0 Å². The number of sulfonamides is 1. The van der Waals surface area contributed by atoms with Crippen molar-refractivity contribution in [1.82, 2.24) is 4.31 Å². The van der Waals surface area contributed by atoms with Gasteiger partial charge in [0.2, 0.25) is 10.0 Å². The molecular formula is C22H26N2O3S. The van der Waals surface area contributed by atoms with E-state index in [-0.39, 0.29) is 16.8 Å². The van der Waals surface area contributed by atoms with E-state index >= 15 is 0 Å². The first-order valence-corrected chi connectivity index (χ1v) is 11.4. The number of amides is 1. The van der Waals surface area contributed by atoms with Crippen molar-refractivity contribution in [3.05, 3.63) is 59.2 Å². The molecule has 0 aliphatic carbocycles. The third-order valence-electron chi connectivity index (χ3n) is 5.87. The van der Waals surface area contributed by atoms with E-state index in [2.05, 4.69) is 0 Å². The molecule has 2 aromatic rings. The quantitative estimate of drug-likeness (QED) is 0.791. The predicted molar refractivity (Wildman–Crippen MR) is 110 cm³/mol. The van der Waals surface area contributed by atoms with Crippen molar-refractivity contribution in [3.8, 4) is 0 Å². The zero-order valence-corrected chi connectivity index (χ0v) is 17.2. The number of piperidine rings is 1. The second-order valence-corrected chi connectivity index (χ2v) is 9.67. The molecule has 1 saturated heterocycles.